The number of anilines is 1. The van der Waals surface area contributed by atoms with E-state index in [0.29, 0.717) is 16.5 Å². The number of esters is 2. The van der Waals surface area contributed by atoms with Gasteiger partial charge in [0.05, 0.1) is 23.6 Å². The quantitative estimate of drug-likeness (QED) is 0.224. The Hall–Kier alpha value is -3.88. The third-order valence-corrected chi connectivity index (χ3v) is 6.25. The molecule has 10 heteroatoms. The average Bonchev–Trinajstić information content (AvgIpc) is 3.29. The molecule has 1 aliphatic rings. The smallest absolute Gasteiger partial charge is 0.345 e. The molecule has 1 fully saturated rings. The lowest BCUT2D eigenvalue weighted by atomic mass is 10.1. The third-order valence-electron chi connectivity index (χ3n) is 5.71. The zero-order chi connectivity index (χ0) is 26.5. The molecule has 190 valence electrons. The van der Waals surface area contributed by atoms with E-state index in [0.717, 1.165) is 0 Å². The molecule has 3 aromatic rings. The summed E-state index contributed by atoms with van der Waals surface area (Å²) in [5, 5.41) is 0.542. The number of hydrogen-bond donors (Lipinski definition) is 0. The van der Waals surface area contributed by atoms with Crippen LogP contribution in [0.15, 0.2) is 66.7 Å². The number of amides is 1. The lowest BCUT2D eigenvalue weighted by Crippen LogP contribution is -2.27. The van der Waals surface area contributed by atoms with Gasteiger partial charge < -0.3 is 19.1 Å². The molecule has 0 N–H and O–H groups in total. The third kappa shape index (κ3) is 6.28. The summed E-state index contributed by atoms with van der Waals surface area (Å²) in [7, 11) is 1.53. The highest BCUT2D eigenvalue weighted by Gasteiger charge is 2.36. The topological polar surface area (TPSA) is 99.2 Å². The van der Waals surface area contributed by atoms with Crippen molar-refractivity contribution in [3.63, 3.8) is 0 Å². The maximum Gasteiger partial charge on any atom is 0.345 e. The minimum Gasteiger partial charge on any atom is -0.497 e. The van der Waals surface area contributed by atoms with Gasteiger partial charge in [-0.1, -0.05) is 29.3 Å². The van der Waals surface area contributed by atoms with Crippen LogP contribution in [0.4, 0.5) is 5.69 Å². The summed E-state index contributed by atoms with van der Waals surface area (Å²) in [5.41, 5.74) is 1.03. The number of nitrogens with zero attached hydrogens (tertiary/aromatic N) is 1. The summed E-state index contributed by atoms with van der Waals surface area (Å²) >= 11 is 11.9. The second-order valence-electron chi connectivity index (χ2n) is 8.18. The van der Waals surface area contributed by atoms with Gasteiger partial charge >= 0.3 is 11.9 Å². The first-order chi connectivity index (χ1) is 17.7. The highest BCUT2D eigenvalue weighted by Crippen LogP contribution is 2.28. The number of halogens is 2. The Morgan fingerprint density at radius 1 is 0.973 bits per heavy atom. The summed E-state index contributed by atoms with van der Waals surface area (Å²) in [6.45, 7) is -0.334. The zero-order valence-corrected chi connectivity index (χ0v) is 21.1. The average molecular weight is 542 g/mol. The molecule has 0 saturated carbocycles. The van der Waals surface area contributed by atoms with E-state index < -0.39 is 30.2 Å². The molecule has 3 aromatic carbocycles. The second-order valence-corrected chi connectivity index (χ2v) is 9.02. The predicted molar refractivity (Wildman–Crippen MR) is 137 cm³/mol. The van der Waals surface area contributed by atoms with Crippen molar-refractivity contribution in [3.05, 3.63) is 87.9 Å². The molecule has 4 rings (SSSR count). The molecule has 1 atom stereocenters. The van der Waals surface area contributed by atoms with Crippen LogP contribution in [-0.2, 0) is 14.3 Å². The van der Waals surface area contributed by atoms with Crippen molar-refractivity contribution in [2.45, 2.75) is 6.42 Å². The van der Waals surface area contributed by atoms with Crippen molar-refractivity contribution in [1.82, 2.24) is 0 Å². The van der Waals surface area contributed by atoms with Crippen molar-refractivity contribution < 1.29 is 33.4 Å². The number of rotatable bonds is 8. The molecule has 0 aliphatic carbocycles. The lowest BCUT2D eigenvalue weighted by molar-refractivity contribution is -0.147. The molecule has 8 nitrogen and oxygen atoms in total. The van der Waals surface area contributed by atoms with Gasteiger partial charge in [-0.3, -0.25) is 14.4 Å². The first kappa shape index (κ1) is 26.2. The Kier molecular flexibility index (Phi) is 8.11. The SMILES string of the molecule is COc1cccc(N2C[C@@H](C(=O)OCC(=O)c3ccc(OC(=O)c4ccc(Cl)cc4Cl)cc3)CC2=O)c1. The predicted octanol–water partition coefficient (Wildman–Crippen LogP) is 5.00. The van der Waals surface area contributed by atoms with Crippen LogP contribution in [0, 0.1) is 5.92 Å². The van der Waals surface area contributed by atoms with Gasteiger partial charge in [-0.2, -0.15) is 0 Å². The Balaban J connectivity index is 1.30. The van der Waals surface area contributed by atoms with E-state index in [1.807, 2.05) is 0 Å². The van der Waals surface area contributed by atoms with Crippen LogP contribution in [-0.4, -0.2) is 43.9 Å². The molecule has 0 unspecified atom stereocenters. The molecule has 0 bridgehead atoms. The van der Waals surface area contributed by atoms with Gasteiger partial charge in [0, 0.05) is 35.3 Å². The molecule has 1 saturated heterocycles. The van der Waals surface area contributed by atoms with Gasteiger partial charge in [0.15, 0.2) is 12.4 Å². The van der Waals surface area contributed by atoms with E-state index in [1.165, 1.54) is 54.5 Å². The van der Waals surface area contributed by atoms with E-state index >= 15 is 0 Å². The number of Topliss-reactive ketones (excluding diaryl/α,β-unsaturated/α-hetero) is 1. The molecule has 1 aliphatic heterocycles. The molecule has 0 aromatic heterocycles. The normalized spacial score (nSPS) is 14.8. The summed E-state index contributed by atoms with van der Waals surface area (Å²) < 4.78 is 15.7. The summed E-state index contributed by atoms with van der Waals surface area (Å²) in [6.07, 6.45) is -0.0120. The minimum atomic E-state index is -0.687. The molecule has 1 amide bonds. The monoisotopic (exact) mass is 541 g/mol. The summed E-state index contributed by atoms with van der Waals surface area (Å²) in [4.78, 5) is 51.3. The fourth-order valence-electron chi connectivity index (χ4n) is 3.76. The minimum absolute atomic E-state index is 0.0120. The van der Waals surface area contributed by atoms with Crippen LogP contribution in [0.5, 0.6) is 11.5 Å². The molecular formula is C27H21Cl2NO7. The van der Waals surface area contributed by atoms with E-state index in [4.69, 9.17) is 37.4 Å². The first-order valence-electron chi connectivity index (χ1n) is 11.2. The van der Waals surface area contributed by atoms with E-state index in [2.05, 4.69) is 0 Å². The van der Waals surface area contributed by atoms with E-state index in [9.17, 15) is 19.2 Å². The van der Waals surface area contributed by atoms with Crippen LogP contribution in [0.25, 0.3) is 0 Å². The van der Waals surface area contributed by atoms with Crippen molar-refractivity contribution in [1.29, 1.82) is 0 Å². The second kappa shape index (κ2) is 11.5. The first-order valence-corrected chi connectivity index (χ1v) is 11.9. The molecular weight excluding hydrogens is 521 g/mol. The number of hydrogen-bond acceptors (Lipinski definition) is 7. The Labute approximate surface area is 222 Å². The van der Waals surface area contributed by atoms with Gasteiger partial charge in [0.1, 0.15) is 11.5 Å². The van der Waals surface area contributed by atoms with Crippen molar-refractivity contribution in [3.8, 4) is 11.5 Å². The highest BCUT2D eigenvalue weighted by molar-refractivity contribution is 6.36. The Bertz CT molecular complexity index is 1360. The van der Waals surface area contributed by atoms with Gasteiger partial charge in [0.2, 0.25) is 5.91 Å². The van der Waals surface area contributed by atoms with E-state index in [1.54, 1.807) is 24.3 Å². The van der Waals surface area contributed by atoms with Crippen LogP contribution in [0.1, 0.15) is 27.1 Å². The van der Waals surface area contributed by atoms with Gasteiger partial charge in [0.25, 0.3) is 0 Å². The zero-order valence-electron chi connectivity index (χ0n) is 19.6. The molecule has 0 radical (unpaired) electrons. The Morgan fingerprint density at radius 3 is 2.43 bits per heavy atom. The van der Waals surface area contributed by atoms with Gasteiger partial charge in [-0.05, 0) is 54.6 Å². The maximum absolute atomic E-state index is 12.5. The van der Waals surface area contributed by atoms with Crippen LogP contribution in [0.2, 0.25) is 10.0 Å². The fourth-order valence-corrected chi connectivity index (χ4v) is 4.24. The van der Waals surface area contributed by atoms with Crippen molar-refractivity contribution >= 4 is 52.5 Å². The molecule has 37 heavy (non-hydrogen) atoms. The molecule has 1 heterocycles. The number of benzene rings is 3. The number of methoxy groups -OCH3 is 1. The van der Waals surface area contributed by atoms with Crippen molar-refractivity contribution in [2.75, 3.05) is 25.2 Å². The van der Waals surface area contributed by atoms with Gasteiger partial charge in [-0.15, -0.1) is 0 Å². The standard InChI is InChI=1S/C27H21Cl2NO7/c1-35-21-4-2-3-19(13-21)30-14-17(11-25(30)32)26(33)36-15-24(31)16-5-8-20(9-6-16)37-27(34)22-10-7-18(28)12-23(22)29/h2-10,12-13,17H,11,14-15H2,1H3/t17-/m0/s1. The lowest BCUT2D eigenvalue weighted by Gasteiger charge is -2.17. The van der Waals surface area contributed by atoms with Crippen LogP contribution in [0.3, 0.4) is 0 Å². The Morgan fingerprint density at radius 2 is 1.73 bits per heavy atom. The highest BCUT2D eigenvalue weighted by atomic mass is 35.5. The summed E-state index contributed by atoms with van der Waals surface area (Å²) in [6, 6.07) is 17.2. The number of carbonyl (C=O) groups excluding carboxylic acids is 4. The maximum atomic E-state index is 12.5. The summed E-state index contributed by atoms with van der Waals surface area (Å²) in [5.74, 6) is -1.86. The largest absolute Gasteiger partial charge is 0.497 e. The molecule has 0 spiro atoms. The van der Waals surface area contributed by atoms with Crippen LogP contribution < -0.4 is 14.4 Å². The van der Waals surface area contributed by atoms with Crippen LogP contribution >= 0.6 is 23.2 Å². The van der Waals surface area contributed by atoms with E-state index in [-0.39, 0.29) is 40.8 Å². The van der Waals surface area contributed by atoms with Gasteiger partial charge in [-0.25, -0.2) is 4.79 Å². The van der Waals surface area contributed by atoms with Crippen molar-refractivity contribution in [2.24, 2.45) is 5.92 Å². The number of ether oxygens (including phenoxy) is 3. The number of carbonyl (C=O) groups is 4. The fraction of sp³-hybridized carbons (Fsp3) is 0.185. The number of ketones is 1.